The van der Waals surface area contributed by atoms with Gasteiger partial charge in [0.25, 0.3) is 0 Å². The molecule has 1 N–H and O–H groups in total. The molecule has 6 heteroatoms. The van der Waals surface area contributed by atoms with Crippen molar-refractivity contribution in [3.8, 4) is 16.6 Å². The number of nitriles is 1. The highest BCUT2D eigenvalue weighted by atomic mass is 35.5. The predicted octanol–water partition coefficient (Wildman–Crippen LogP) is 3.77. The van der Waals surface area contributed by atoms with Crippen LogP contribution in [-0.2, 0) is 11.3 Å². The summed E-state index contributed by atoms with van der Waals surface area (Å²) < 4.78 is 0. The highest BCUT2D eigenvalue weighted by Gasteiger charge is 2.44. The number of carbonyl (C=O) groups excluding carboxylic acids is 1. The van der Waals surface area contributed by atoms with Crippen LogP contribution < -0.4 is 5.32 Å². The lowest BCUT2D eigenvalue weighted by Crippen LogP contribution is -2.24. The van der Waals surface area contributed by atoms with E-state index in [9.17, 15) is 4.79 Å². The maximum Gasteiger partial charge on any atom is 0.221 e. The SMILES string of the molecule is N#CC1(CC(=O)NCc2cnc(-c3ccc(Cl)cc3)s2)CC1. The predicted molar refractivity (Wildman–Crippen MR) is 86.3 cm³/mol. The van der Waals surface area contributed by atoms with Crippen molar-refractivity contribution in [1.29, 1.82) is 5.26 Å². The Morgan fingerprint density at radius 1 is 1.41 bits per heavy atom. The number of carbonyl (C=O) groups is 1. The Hall–Kier alpha value is -1.90. The number of benzene rings is 1. The molecule has 0 spiro atoms. The molecule has 3 rings (SSSR count). The van der Waals surface area contributed by atoms with Gasteiger partial charge in [-0.25, -0.2) is 4.98 Å². The molecule has 1 aliphatic rings. The van der Waals surface area contributed by atoms with Gasteiger partial charge in [-0.3, -0.25) is 4.79 Å². The number of nitrogens with one attached hydrogen (secondary N) is 1. The van der Waals surface area contributed by atoms with Gasteiger partial charge in [-0.05, 0) is 25.0 Å². The Labute approximate surface area is 137 Å². The average molecular weight is 332 g/mol. The number of nitrogens with zero attached hydrogens (tertiary/aromatic N) is 2. The first-order valence-corrected chi connectivity index (χ1v) is 8.18. The summed E-state index contributed by atoms with van der Waals surface area (Å²) in [5.41, 5.74) is 0.611. The maximum atomic E-state index is 11.9. The monoisotopic (exact) mass is 331 g/mol. The van der Waals surface area contributed by atoms with Gasteiger partial charge < -0.3 is 5.32 Å². The summed E-state index contributed by atoms with van der Waals surface area (Å²) in [5, 5.41) is 13.4. The van der Waals surface area contributed by atoms with E-state index in [1.807, 2.05) is 24.3 Å². The zero-order valence-electron chi connectivity index (χ0n) is 11.8. The molecule has 1 aliphatic carbocycles. The summed E-state index contributed by atoms with van der Waals surface area (Å²) >= 11 is 7.41. The molecule has 0 atom stereocenters. The highest BCUT2D eigenvalue weighted by Crippen LogP contribution is 2.47. The molecular weight excluding hydrogens is 318 g/mol. The number of amides is 1. The van der Waals surface area contributed by atoms with Gasteiger partial charge in [0.1, 0.15) is 5.01 Å². The molecule has 0 aliphatic heterocycles. The van der Waals surface area contributed by atoms with Gasteiger partial charge in [-0.1, -0.05) is 23.7 Å². The molecule has 1 aromatic heterocycles. The van der Waals surface area contributed by atoms with Crippen LogP contribution in [0.1, 0.15) is 24.1 Å². The van der Waals surface area contributed by atoms with E-state index < -0.39 is 5.41 Å². The number of rotatable bonds is 5. The Balaban J connectivity index is 1.57. The van der Waals surface area contributed by atoms with E-state index in [0.29, 0.717) is 18.0 Å². The standard InChI is InChI=1S/C16H14ClN3OS/c17-12-3-1-11(2-4-12)15-20-9-13(22-15)8-19-14(21)7-16(10-18)5-6-16/h1-4,9H,5-8H2,(H,19,21). The van der Waals surface area contributed by atoms with Gasteiger partial charge in [-0.15, -0.1) is 11.3 Å². The highest BCUT2D eigenvalue weighted by molar-refractivity contribution is 7.15. The van der Waals surface area contributed by atoms with Crippen LogP contribution in [0, 0.1) is 16.7 Å². The van der Waals surface area contributed by atoms with E-state index in [4.69, 9.17) is 16.9 Å². The van der Waals surface area contributed by atoms with Crippen molar-refractivity contribution < 1.29 is 4.79 Å². The van der Waals surface area contributed by atoms with Gasteiger partial charge in [0, 0.05) is 28.1 Å². The fraction of sp³-hybridized carbons (Fsp3) is 0.312. The summed E-state index contributed by atoms with van der Waals surface area (Å²) in [6, 6.07) is 9.74. The van der Waals surface area contributed by atoms with Gasteiger partial charge in [0.2, 0.25) is 5.91 Å². The lowest BCUT2D eigenvalue weighted by Gasteiger charge is -2.05. The van der Waals surface area contributed by atoms with Crippen LogP contribution >= 0.6 is 22.9 Å². The quantitative estimate of drug-likeness (QED) is 0.906. The van der Waals surface area contributed by atoms with Gasteiger partial charge in [-0.2, -0.15) is 5.26 Å². The number of hydrogen-bond acceptors (Lipinski definition) is 4. The van der Waals surface area contributed by atoms with Crippen molar-refractivity contribution in [3.63, 3.8) is 0 Å². The molecule has 0 unspecified atom stereocenters. The third-order valence-corrected chi connectivity index (χ3v) is 4.99. The van der Waals surface area contributed by atoms with Crippen LogP contribution in [0.3, 0.4) is 0 Å². The first-order chi connectivity index (χ1) is 10.6. The second-order valence-corrected chi connectivity index (χ2v) is 7.04. The number of aromatic nitrogens is 1. The molecular formula is C16H14ClN3OS. The normalized spacial score (nSPS) is 15.1. The first kappa shape index (κ1) is 15.0. The number of halogens is 1. The van der Waals surface area contributed by atoms with Crippen molar-refractivity contribution in [2.75, 3.05) is 0 Å². The fourth-order valence-corrected chi connectivity index (χ4v) is 3.13. The van der Waals surface area contributed by atoms with E-state index in [1.165, 1.54) is 11.3 Å². The van der Waals surface area contributed by atoms with Crippen LogP contribution in [0.5, 0.6) is 0 Å². The Morgan fingerprint density at radius 2 is 2.14 bits per heavy atom. The first-order valence-electron chi connectivity index (χ1n) is 6.99. The van der Waals surface area contributed by atoms with Crippen LogP contribution in [0.4, 0.5) is 0 Å². The molecule has 1 saturated carbocycles. The van der Waals surface area contributed by atoms with Crippen molar-refractivity contribution in [3.05, 3.63) is 40.4 Å². The minimum Gasteiger partial charge on any atom is -0.351 e. The van der Waals surface area contributed by atoms with Crippen molar-refractivity contribution in [2.45, 2.75) is 25.8 Å². The molecule has 1 fully saturated rings. The third kappa shape index (κ3) is 3.46. The Kier molecular flexibility index (Phi) is 4.14. The summed E-state index contributed by atoms with van der Waals surface area (Å²) in [7, 11) is 0. The van der Waals surface area contributed by atoms with Crippen LogP contribution in [-0.4, -0.2) is 10.9 Å². The minimum atomic E-state index is -0.397. The van der Waals surface area contributed by atoms with Gasteiger partial charge >= 0.3 is 0 Å². The summed E-state index contributed by atoms with van der Waals surface area (Å²) in [6.07, 6.45) is 3.73. The molecule has 1 heterocycles. The second kappa shape index (κ2) is 6.07. The molecule has 4 nitrogen and oxygen atoms in total. The van der Waals surface area contributed by atoms with E-state index in [-0.39, 0.29) is 5.91 Å². The number of thiazole rings is 1. The minimum absolute atomic E-state index is 0.0690. The molecule has 0 bridgehead atoms. The molecule has 1 aromatic carbocycles. The van der Waals surface area contributed by atoms with Gasteiger partial charge in [0.05, 0.1) is 18.0 Å². The summed E-state index contributed by atoms with van der Waals surface area (Å²) in [6.45, 7) is 0.450. The van der Waals surface area contributed by atoms with E-state index in [0.717, 1.165) is 28.3 Å². The molecule has 22 heavy (non-hydrogen) atoms. The van der Waals surface area contributed by atoms with Crippen molar-refractivity contribution in [1.82, 2.24) is 10.3 Å². The number of hydrogen-bond donors (Lipinski definition) is 1. The summed E-state index contributed by atoms with van der Waals surface area (Å²) in [4.78, 5) is 17.2. The third-order valence-electron chi connectivity index (χ3n) is 3.69. The van der Waals surface area contributed by atoms with E-state index >= 15 is 0 Å². The molecule has 112 valence electrons. The van der Waals surface area contributed by atoms with Crippen LogP contribution in [0.2, 0.25) is 5.02 Å². The summed E-state index contributed by atoms with van der Waals surface area (Å²) in [5.74, 6) is -0.0690. The zero-order chi connectivity index (χ0) is 15.6. The molecule has 1 amide bonds. The van der Waals surface area contributed by atoms with Crippen LogP contribution in [0.15, 0.2) is 30.5 Å². The van der Waals surface area contributed by atoms with E-state index in [2.05, 4.69) is 16.4 Å². The lowest BCUT2D eigenvalue weighted by molar-refractivity contribution is -0.122. The molecule has 2 aromatic rings. The molecule has 0 saturated heterocycles. The largest absolute Gasteiger partial charge is 0.351 e. The zero-order valence-corrected chi connectivity index (χ0v) is 13.4. The average Bonchev–Trinajstić information content (AvgIpc) is 3.13. The lowest BCUT2D eigenvalue weighted by atomic mass is 10.0. The smallest absolute Gasteiger partial charge is 0.221 e. The van der Waals surface area contributed by atoms with E-state index in [1.54, 1.807) is 6.20 Å². The maximum absolute atomic E-state index is 11.9. The van der Waals surface area contributed by atoms with Gasteiger partial charge in [0.15, 0.2) is 0 Å². The molecule has 0 radical (unpaired) electrons. The van der Waals surface area contributed by atoms with Crippen molar-refractivity contribution in [2.24, 2.45) is 5.41 Å². The second-order valence-electron chi connectivity index (χ2n) is 5.48. The Morgan fingerprint density at radius 3 is 2.77 bits per heavy atom. The topological polar surface area (TPSA) is 65.8 Å². The van der Waals surface area contributed by atoms with Crippen molar-refractivity contribution >= 4 is 28.8 Å². The fourth-order valence-electron chi connectivity index (χ4n) is 2.15. The van der Waals surface area contributed by atoms with Crippen LogP contribution in [0.25, 0.3) is 10.6 Å². The Bertz CT molecular complexity index is 729.